The first-order chi connectivity index (χ1) is 8.45. The van der Waals surface area contributed by atoms with Gasteiger partial charge in [-0.2, -0.15) is 0 Å². The quantitative estimate of drug-likeness (QED) is 0.843. The predicted octanol–water partition coefficient (Wildman–Crippen LogP) is 2.28. The van der Waals surface area contributed by atoms with Crippen LogP contribution in [0.3, 0.4) is 0 Å². The zero-order valence-corrected chi connectivity index (χ0v) is 13.2. The molecule has 1 rings (SSSR count). The zero-order valence-electron chi connectivity index (χ0n) is 11.7. The number of hydrogen-bond donors (Lipinski definition) is 2. The van der Waals surface area contributed by atoms with Gasteiger partial charge in [-0.3, -0.25) is 0 Å². The fourth-order valence-electron chi connectivity index (χ4n) is 1.64. The summed E-state index contributed by atoms with van der Waals surface area (Å²) in [5.74, 6) is 2.14. The molecule has 1 aromatic heterocycles. The van der Waals surface area contributed by atoms with E-state index in [1.54, 1.807) is 6.33 Å². The molecule has 1 heterocycles. The van der Waals surface area contributed by atoms with Gasteiger partial charge in [-0.25, -0.2) is 9.97 Å². The Morgan fingerprint density at radius 3 is 2.39 bits per heavy atom. The van der Waals surface area contributed by atoms with E-state index in [9.17, 15) is 0 Å². The summed E-state index contributed by atoms with van der Waals surface area (Å²) in [4.78, 5) is 10.6. The molecule has 0 saturated heterocycles. The molecule has 0 fully saturated rings. The molecule has 1 aromatic rings. The van der Waals surface area contributed by atoms with E-state index in [1.165, 1.54) is 0 Å². The second-order valence-corrected chi connectivity index (χ2v) is 5.68. The molecule has 0 bridgehead atoms. The van der Waals surface area contributed by atoms with Gasteiger partial charge in [0.05, 0.1) is 0 Å². The molecule has 18 heavy (non-hydrogen) atoms. The summed E-state index contributed by atoms with van der Waals surface area (Å²) < 4.78 is 0.872. The van der Waals surface area contributed by atoms with Gasteiger partial charge in [0.1, 0.15) is 22.4 Å². The van der Waals surface area contributed by atoms with Crippen LogP contribution in [0.1, 0.15) is 13.8 Å². The van der Waals surface area contributed by atoms with E-state index in [-0.39, 0.29) is 0 Å². The van der Waals surface area contributed by atoms with Gasteiger partial charge < -0.3 is 15.5 Å². The first-order valence-electron chi connectivity index (χ1n) is 6.05. The van der Waals surface area contributed by atoms with Gasteiger partial charge in [0, 0.05) is 19.6 Å². The molecule has 5 nitrogen and oxygen atoms in total. The van der Waals surface area contributed by atoms with Crippen molar-refractivity contribution in [2.75, 3.05) is 38.3 Å². The summed E-state index contributed by atoms with van der Waals surface area (Å²) in [7, 11) is 5.99. The van der Waals surface area contributed by atoms with Crippen molar-refractivity contribution >= 4 is 27.6 Å². The molecule has 0 amide bonds. The van der Waals surface area contributed by atoms with Crippen molar-refractivity contribution in [1.29, 1.82) is 0 Å². The Hall–Kier alpha value is -0.880. The lowest BCUT2D eigenvalue weighted by atomic mass is 10.0. The molecule has 0 aromatic carbocycles. The molecule has 102 valence electrons. The lowest BCUT2D eigenvalue weighted by Crippen LogP contribution is -2.36. The molecule has 2 N–H and O–H groups in total. The Bertz CT molecular complexity index is 381. The van der Waals surface area contributed by atoms with Crippen LogP contribution in [0.15, 0.2) is 10.8 Å². The lowest BCUT2D eigenvalue weighted by Gasteiger charge is -2.26. The minimum Gasteiger partial charge on any atom is -0.372 e. The van der Waals surface area contributed by atoms with E-state index in [0.717, 1.165) is 22.7 Å². The molecule has 0 radical (unpaired) electrons. The minimum absolute atomic E-state index is 0.343. The van der Waals surface area contributed by atoms with Crippen LogP contribution in [0.2, 0.25) is 0 Å². The third kappa shape index (κ3) is 4.10. The summed E-state index contributed by atoms with van der Waals surface area (Å²) in [6.07, 6.45) is 1.56. The second kappa shape index (κ2) is 6.89. The SMILES string of the molecule is CNc1ncnc(NC(CN(C)C)C(C)C)c1Br. The van der Waals surface area contributed by atoms with Crippen LogP contribution in [-0.2, 0) is 0 Å². The van der Waals surface area contributed by atoms with Crippen LogP contribution in [0.5, 0.6) is 0 Å². The van der Waals surface area contributed by atoms with E-state index in [2.05, 4.69) is 69.4 Å². The third-order valence-corrected chi connectivity index (χ3v) is 3.47. The average molecular weight is 316 g/mol. The van der Waals surface area contributed by atoms with Gasteiger partial charge in [0.2, 0.25) is 0 Å². The number of aromatic nitrogens is 2. The number of anilines is 2. The normalized spacial score (nSPS) is 12.9. The standard InChI is InChI=1S/C12H22BrN5/c1-8(2)9(6-18(4)5)17-12-10(13)11(14-3)15-7-16-12/h7-9H,6H2,1-5H3,(H2,14,15,16,17). The van der Waals surface area contributed by atoms with Crippen LogP contribution >= 0.6 is 15.9 Å². The van der Waals surface area contributed by atoms with Gasteiger partial charge in [0.15, 0.2) is 0 Å². The number of rotatable bonds is 6. The summed E-state index contributed by atoms with van der Waals surface area (Å²) in [5.41, 5.74) is 0. The average Bonchev–Trinajstić information content (AvgIpc) is 2.30. The molecule has 0 aliphatic heterocycles. The Balaban J connectivity index is 2.87. The van der Waals surface area contributed by atoms with Crippen molar-refractivity contribution in [3.8, 4) is 0 Å². The number of nitrogens with zero attached hydrogens (tertiary/aromatic N) is 3. The fourth-order valence-corrected chi connectivity index (χ4v) is 2.15. The maximum Gasteiger partial charge on any atom is 0.146 e. The van der Waals surface area contributed by atoms with Gasteiger partial charge in [-0.15, -0.1) is 0 Å². The first-order valence-corrected chi connectivity index (χ1v) is 6.84. The molecule has 0 saturated carbocycles. The Labute approximate surface area is 118 Å². The number of nitrogens with one attached hydrogen (secondary N) is 2. The largest absolute Gasteiger partial charge is 0.372 e. The van der Waals surface area contributed by atoms with Crippen molar-refractivity contribution in [1.82, 2.24) is 14.9 Å². The maximum atomic E-state index is 4.29. The topological polar surface area (TPSA) is 53.1 Å². The zero-order chi connectivity index (χ0) is 13.7. The molecule has 6 heteroatoms. The van der Waals surface area contributed by atoms with Crippen molar-refractivity contribution in [2.45, 2.75) is 19.9 Å². The molecule has 0 spiro atoms. The summed E-state index contributed by atoms with van der Waals surface area (Å²) >= 11 is 3.52. The summed E-state index contributed by atoms with van der Waals surface area (Å²) in [5, 5.41) is 6.50. The first kappa shape index (κ1) is 15.2. The lowest BCUT2D eigenvalue weighted by molar-refractivity contribution is 0.344. The Morgan fingerprint density at radius 2 is 1.89 bits per heavy atom. The molecular weight excluding hydrogens is 294 g/mol. The smallest absolute Gasteiger partial charge is 0.146 e. The highest BCUT2D eigenvalue weighted by Gasteiger charge is 2.17. The fraction of sp³-hybridized carbons (Fsp3) is 0.667. The second-order valence-electron chi connectivity index (χ2n) is 4.89. The van der Waals surface area contributed by atoms with Gasteiger partial charge in [-0.1, -0.05) is 13.8 Å². The number of hydrogen-bond acceptors (Lipinski definition) is 5. The summed E-state index contributed by atoms with van der Waals surface area (Å²) in [6.45, 7) is 5.37. The Kier molecular flexibility index (Phi) is 5.81. The van der Waals surface area contributed by atoms with E-state index >= 15 is 0 Å². The van der Waals surface area contributed by atoms with Gasteiger partial charge in [-0.05, 0) is 35.9 Å². The van der Waals surface area contributed by atoms with E-state index in [0.29, 0.717) is 12.0 Å². The number of likely N-dealkylation sites (N-methyl/N-ethyl adjacent to an activating group) is 1. The maximum absolute atomic E-state index is 4.29. The monoisotopic (exact) mass is 315 g/mol. The highest BCUT2D eigenvalue weighted by molar-refractivity contribution is 9.10. The number of halogens is 1. The molecule has 1 atom stereocenters. The van der Waals surface area contributed by atoms with Crippen LogP contribution in [0.25, 0.3) is 0 Å². The third-order valence-electron chi connectivity index (χ3n) is 2.71. The minimum atomic E-state index is 0.343. The molecule has 1 unspecified atom stereocenters. The molecule has 0 aliphatic carbocycles. The van der Waals surface area contributed by atoms with E-state index in [1.807, 2.05) is 7.05 Å². The van der Waals surface area contributed by atoms with Gasteiger partial charge >= 0.3 is 0 Å². The van der Waals surface area contributed by atoms with E-state index < -0.39 is 0 Å². The van der Waals surface area contributed by atoms with Crippen LogP contribution in [0.4, 0.5) is 11.6 Å². The van der Waals surface area contributed by atoms with Crippen molar-refractivity contribution < 1.29 is 0 Å². The Morgan fingerprint density at radius 1 is 1.28 bits per heavy atom. The highest BCUT2D eigenvalue weighted by atomic mass is 79.9. The molecule has 0 aliphatic rings. The van der Waals surface area contributed by atoms with Crippen molar-refractivity contribution in [3.63, 3.8) is 0 Å². The van der Waals surface area contributed by atoms with E-state index in [4.69, 9.17) is 0 Å². The predicted molar refractivity (Wildman–Crippen MR) is 80.1 cm³/mol. The van der Waals surface area contributed by atoms with Crippen molar-refractivity contribution in [2.24, 2.45) is 5.92 Å². The molecular formula is C12H22BrN5. The summed E-state index contributed by atoms with van der Waals surface area (Å²) in [6, 6.07) is 0.343. The van der Waals surface area contributed by atoms with Gasteiger partial charge in [0.25, 0.3) is 0 Å². The van der Waals surface area contributed by atoms with Crippen LogP contribution < -0.4 is 10.6 Å². The van der Waals surface area contributed by atoms with Crippen LogP contribution in [-0.4, -0.2) is 48.6 Å². The van der Waals surface area contributed by atoms with Crippen LogP contribution in [0, 0.1) is 5.92 Å². The highest BCUT2D eigenvalue weighted by Crippen LogP contribution is 2.27. The van der Waals surface area contributed by atoms with Crippen molar-refractivity contribution in [3.05, 3.63) is 10.8 Å².